The first kappa shape index (κ1) is 9.77. The summed E-state index contributed by atoms with van der Waals surface area (Å²) in [6.07, 6.45) is 1.79. The van der Waals surface area contributed by atoms with Crippen molar-refractivity contribution in [1.82, 2.24) is 4.98 Å². The molecule has 0 aliphatic heterocycles. The number of nitrogen functional groups attached to an aromatic ring is 1. The fourth-order valence-electron chi connectivity index (χ4n) is 1.84. The Balaban J connectivity index is 2.96. The second-order valence-corrected chi connectivity index (χ2v) is 3.64. The molecule has 0 unspecified atom stereocenters. The summed E-state index contributed by atoms with van der Waals surface area (Å²) in [5.74, 6) is 0.733. The van der Waals surface area contributed by atoms with Crippen LogP contribution in [-0.4, -0.2) is 12.1 Å². The molecule has 15 heavy (non-hydrogen) atoms. The van der Waals surface area contributed by atoms with Gasteiger partial charge in [0.1, 0.15) is 11.3 Å². The first-order chi connectivity index (χ1) is 7.15. The van der Waals surface area contributed by atoms with Gasteiger partial charge in [0.05, 0.1) is 7.11 Å². The highest BCUT2D eigenvalue weighted by molar-refractivity contribution is 5.93. The maximum Gasteiger partial charge on any atom is 0.147 e. The third-order valence-corrected chi connectivity index (χ3v) is 2.71. The monoisotopic (exact) mass is 202 g/mol. The topological polar surface area (TPSA) is 48.1 Å². The van der Waals surface area contributed by atoms with Crippen LogP contribution in [-0.2, 0) is 0 Å². The Labute approximate surface area is 88.9 Å². The van der Waals surface area contributed by atoms with Crippen LogP contribution in [0.5, 0.6) is 5.75 Å². The maximum atomic E-state index is 5.92. The summed E-state index contributed by atoms with van der Waals surface area (Å²) < 4.78 is 5.28. The summed E-state index contributed by atoms with van der Waals surface area (Å²) in [4.78, 5) is 4.33. The molecule has 1 aromatic heterocycles. The fourth-order valence-corrected chi connectivity index (χ4v) is 1.84. The van der Waals surface area contributed by atoms with Crippen molar-refractivity contribution in [3.63, 3.8) is 0 Å². The summed E-state index contributed by atoms with van der Waals surface area (Å²) in [5, 5.41) is 1.09. The van der Waals surface area contributed by atoms with E-state index in [0.717, 1.165) is 27.9 Å². The standard InChI is InChI=1S/C12H14N2O/c1-7-4-5-14-12-10(15-3)6-9(13)8(2)11(7)12/h4-6H,13H2,1-3H3. The Morgan fingerprint density at radius 2 is 2.07 bits per heavy atom. The zero-order valence-electron chi connectivity index (χ0n) is 9.16. The molecule has 2 rings (SSSR count). The number of nitrogens with zero attached hydrogens (tertiary/aromatic N) is 1. The highest BCUT2D eigenvalue weighted by Crippen LogP contribution is 2.32. The average molecular weight is 202 g/mol. The van der Waals surface area contributed by atoms with Crippen LogP contribution < -0.4 is 10.5 Å². The molecule has 0 aliphatic carbocycles. The van der Waals surface area contributed by atoms with Crippen molar-refractivity contribution < 1.29 is 4.74 Å². The molecule has 0 fully saturated rings. The maximum absolute atomic E-state index is 5.92. The number of methoxy groups -OCH3 is 1. The van der Waals surface area contributed by atoms with Crippen molar-refractivity contribution in [2.75, 3.05) is 12.8 Å². The quantitative estimate of drug-likeness (QED) is 0.722. The van der Waals surface area contributed by atoms with E-state index in [2.05, 4.69) is 11.9 Å². The van der Waals surface area contributed by atoms with Gasteiger partial charge in [0, 0.05) is 23.3 Å². The third kappa shape index (κ3) is 1.40. The lowest BCUT2D eigenvalue weighted by molar-refractivity contribution is 0.419. The zero-order valence-corrected chi connectivity index (χ0v) is 9.16. The van der Waals surface area contributed by atoms with Gasteiger partial charge in [-0.3, -0.25) is 4.98 Å². The number of hydrogen-bond acceptors (Lipinski definition) is 3. The van der Waals surface area contributed by atoms with Crippen LogP contribution in [0, 0.1) is 13.8 Å². The van der Waals surface area contributed by atoms with Gasteiger partial charge >= 0.3 is 0 Å². The molecule has 0 atom stereocenters. The van der Waals surface area contributed by atoms with Crippen LogP contribution in [0.1, 0.15) is 11.1 Å². The number of anilines is 1. The molecule has 2 N–H and O–H groups in total. The van der Waals surface area contributed by atoms with Crippen molar-refractivity contribution in [2.24, 2.45) is 0 Å². The lowest BCUT2D eigenvalue weighted by Gasteiger charge is -2.11. The first-order valence-electron chi connectivity index (χ1n) is 4.83. The van der Waals surface area contributed by atoms with Crippen molar-refractivity contribution in [3.8, 4) is 5.75 Å². The Morgan fingerprint density at radius 1 is 1.33 bits per heavy atom. The molecule has 0 bridgehead atoms. The lowest BCUT2D eigenvalue weighted by atomic mass is 10.0. The van der Waals surface area contributed by atoms with E-state index < -0.39 is 0 Å². The van der Waals surface area contributed by atoms with Gasteiger partial charge in [0.15, 0.2) is 0 Å². The number of aryl methyl sites for hydroxylation is 2. The van der Waals surface area contributed by atoms with Crippen molar-refractivity contribution in [2.45, 2.75) is 13.8 Å². The molecule has 1 heterocycles. The second kappa shape index (κ2) is 3.42. The van der Waals surface area contributed by atoms with Crippen molar-refractivity contribution in [1.29, 1.82) is 0 Å². The summed E-state index contributed by atoms with van der Waals surface area (Å²) in [6.45, 7) is 4.06. The number of aromatic nitrogens is 1. The second-order valence-electron chi connectivity index (χ2n) is 3.64. The van der Waals surface area contributed by atoms with Gasteiger partial charge in [-0.15, -0.1) is 0 Å². The van der Waals surface area contributed by atoms with E-state index in [9.17, 15) is 0 Å². The molecule has 0 aliphatic rings. The largest absolute Gasteiger partial charge is 0.494 e. The van der Waals surface area contributed by atoms with Crippen LogP contribution in [0.15, 0.2) is 18.3 Å². The summed E-state index contributed by atoms with van der Waals surface area (Å²) in [6, 6.07) is 3.80. The minimum atomic E-state index is 0.733. The van der Waals surface area contributed by atoms with Gasteiger partial charge in [0.2, 0.25) is 0 Å². The van der Waals surface area contributed by atoms with Gasteiger partial charge in [-0.1, -0.05) is 0 Å². The third-order valence-electron chi connectivity index (χ3n) is 2.71. The summed E-state index contributed by atoms with van der Waals surface area (Å²) in [5.41, 5.74) is 9.78. The summed E-state index contributed by atoms with van der Waals surface area (Å²) >= 11 is 0. The Hall–Kier alpha value is -1.77. The average Bonchev–Trinajstić information content (AvgIpc) is 2.23. The van der Waals surface area contributed by atoms with Crippen LogP contribution in [0.3, 0.4) is 0 Å². The van der Waals surface area contributed by atoms with E-state index >= 15 is 0 Å². The number of hydrogen-bond donors (Lipinski definition) is 1. The van der Waals surface area contributed by atoms with E-state index in [1.54, 1.807) is 13.3 Å². The molecular weight excluding hydrogens is 188 g/mol. The molecular formula is C12H14N2O. The first-order valence-corrected chi connectivity index (χ1v) is 4.83. The normalized spacial score (nSPS) is 10.6. The smallest absolute Gasteiger partial charge is 0.147 e. The number of benzene rings is 1. The summed E-state index contributed by atoms with van der Waals surface area (Å²) in [7, 11) is 1.63. The molecule has 1 aromatic carbocycles. The number of pyridine rings is 1. The zero-order chi connectivity index (χ0) is 11.0. The van der Waals surface area contributed by atoms with Gasteiger partial charge in [-0.05, 0) is 31.0 Å². The molecule has 0 radical (unpaired) electrons. The predicted octanol–water partition coefficient (Wildman–Crippen LogP) is 2.44. The van der Waals surface area contributed by atoms with Crippen molar-refractivity contribution in [3.05, 3.63) is 29.5 Å². The van der Waals surface area contributed by atoms with Crippen LogP contribution >= 0.6 is 0 Å². The Bertz CT molecular complexity index is 521. The fraction of sp³-hybridized carbons (Fsp3) is 0.250. The minimum absolute atomic E-state index is 0.733. The predicted molar refractivity (Wildman–Crippen MR) is 62.2 cm³/mol. The van der Waals surface area contributed by atoms with Crippen LogP contribution in [0.25, 0.3) is 10.9 Å². The number of ether oxygens (including phenoxy) is 1. The van der Waals surface area contributed by atoms with Gasteiger partial charge in [0.25, 0.3) is 0 Å². The van der Waals surface area contributed by atoms with E-state index in [0.29, 0.717) is 0 Å². The van der Waals surface area contributed by atoms with Gasteiger partial charge < -0.3 is 10.5 Å². The molecule has 0 spiro atoms. The SMILES string of the molecule is COc1cc(N)c(C)c2c(C)ccnc12. The molecule has 0 saturated carbocycles. The van der Waals surface area contributed by atoms with Crippen LogP contribution in [0.2, 0.25) is 0 Å². The van der Waals surface area contributed by atoms with E-state index in [4.69, 9.17) is 10.5 Å². The van der Waals surface area contributed by atoms with E-state index in [1.807, 2.05) is 19.1 Å². The van der Waals surface area contributed by atoms with E-state index in [1.165, 1.54) is 5.56 Å². The van der Waals surface area contributed by atoms with Crippen molar-refractivity contribution >= 4 is 16.6 Å². The molecule has 3 nitrogen and oxygen atoms in total. The van der Waals surface area contributed by atoms with Gasteiger partial charge in [-0.2, -0.15) is 0 Å². The molecule has 3 heteroatoms. The number of fused-ring (bicyclic) bond motifs is 1. The van der Waals surface area contributed by atoms with Gasteiger partial charge in [-0.25, -0.2) is 0 Å². The molecule has 2 aromatic rings. The molecule has 78 valence electrons. The lowest BCUT2D eigenvalue weighted by Crippen LogP contribution is -1.97. The highest BCUT2D eigenvalue weighted by atomic mass is 16.5. The Kier molecular flexibility index (Phi) is 2.23. The number of rotatable bonds is 1. The minimum Gasteiger partial charge on any atom is -0.494 e. The highest BCUT2D eigenvalue weighted by Gasteiger charge is 2.10. The van der Waals surface area contributed by atoms with Crippen LogP contribution in [0.4, 0.5) is 5.69 Å². The number of nitrogens with two attached hydrogens (primary N) is 1. The van der Waals surface area contributed by atoms with E-state index in [-0.39, 0.29) is 0 Å². The Morgan fingerprint density at radius 3 is 2.73 bits per heavy atom. The molecule has 0 amide bonds. The molecule has 0 saturated heterocycles.